The molecule has 4 N–H and O–H groups in total. The summed E-state index contributed by atoms with van der Waals surface area (Å²) in [5.41, 5.74) is 29.7. The molecule has 0 unspecified atom stereocenters. The van der Waals surface area contributed by atoms with Crippen LogP contribution in [0.3, 0.4) is 0 Å². The highest BCUT2D eigenvalue weighted by Crippen LogP contribution is 2.36. The van der Waals surface area contributed by atoms with Gasteiger partial charge in [0, 0.05) is 50.3 Å². The van der Waals surface area contributed by atoms with Gasteiger partial charge in [0.25, 0.3) is 0 Å². The number of rotatable bonds is 11. The van der Waals surface area contributed by atoms with E-state index in [1.807, 2.05) is 109 Å². The van der Waals surface area contributed by atoms with Gasteiger partial charge in [-0.2, -0.15) is 0 Å². The van der Waals surface area contributed by atoms with Crippen LogP contribution in [0.2, 0.25) is 0 Å². The molecule has 0 saturated carbocycles. The van der Waals surface area contributed by atoms with Crippen LogP contribution in [0.25, 0.3) is 124 Å². The fraction of sp³-hybridized carbons (Fsp3) is 0. The SMILES string of the molecule is Nc1ccc(N)c(-c2cccc(-c3cccc(-c4cccc(-c5nc(-c6ccccc6)nc(-c6cccc(-c7cccc(-c8cccc(-c9nc(-c%10ccccc%10)nc(-c%10ccccc%10)n9)c8)c7)c6)n5)c4)c3)c2)c1. The summed E-state index contributed by atoms with van der Waals surface area (Å²) >= 11 is 0. The van der Waals surface area contributed by atoms with Crippen molar-refractivity contribution >= 4 is 11.4 Å². The summed E-state index contributed by atoms with van der Waals surface area (Å²) in [6.45, 7) is 0. The number of nitrogens with zero attached hydrogens (tertiary/aromatic N) is 6. The summed E-state index contributed by atoms with van der Waals surface area (Å²) in [5.74, 6) is 3.61. The molecule has 2 heterocycles. The van der Waals surface area contributed by atoms with Crippen molar-refractivity contribution in [2.45, 2.75) is 0 Å². The van der Waals surface area contributed by atoms with Crippen LogP contribution < -0.4 is 11.5 Å². The van der Waals surface area contributed by atoms with Gasteiger partial charge in [-0.1, -0.05) is 200 Å². The van der Waals surface area contributed by atoms with Gasteiger partial charge >= 0.3 is 0 Å². The highest BCUT2D eigenvalue weighted by molar-refractivity contribution is 5.84. The number of nitrogens with two attached hydrogens (primary N) is 2. The fourth-order valence-corrected chi connectivity index (χ4v) is 9.25. The molecule has 8 nitrogen and oxygen atoms in total. The molecule has 0 fully saturated rings. The normalized spacial score (nSPS) is 11.1. The van der Waals surface area contributed by atoms with Gasteiger partial charge in [-0.15, -0.1) is 0 Å². The van der Waals surface area contributed by atoms with E-state index in [4.69, 9.17) is 41.4 Å². The Kier molecular flexibility index (Phi) is 12.1. The average Bonchev–Trinajstić information content (AvgIpc) is 3.48. The van der Waals surface area contributed by atoms with Crippen molar-refractivity contribution in [2.24, 2.45) is 0 Å². The Bertz CT molecular complexity index is 3930. The van der Waals surface area contributed by atoms with Crippen molar-refractivity contribution in [3.63, 3.8) is 0 Å². The molecule has 2 aromatic heterocycles. The van der Waals surface area contributed by atoms with Crippen LogP contribution in [0.15, 0.2) is 255 Å². The predicted molar refractivity (Wildman–Crippen MR) is 302 cm³/mol. The third-order valence-electron chi connectivity index (χ3n) is 13.0. The quantitative estimate of drug-likeness (QED) is 0.123. The lowest BCUT2D eigenvalue weighted by Crippen LogP contribution is -2.00. The van der Waals surface area contributed by atoms with Crippen LogP contribution in [-0.2, 0) is 0 Å². The lowest BCUT2D eigenvalue weighted by molar-refractivity contribution is 1.07. The highest BCUT2D eigenvalue weighted by Gasteiger charge is 2.17. The second-order valence-corrected chi connectivity index (χ2v) is 18.0. The minimum Gasteiger partial charge on any atom is -0.399 e. The molecule has 0 radical (unpaired) electrons. The molecule has 0 bridgehead atoms. The third-order valence-corrected chi connectivity index (χ3v) is 13.0. The first-order chi connectivity index (χ1) is 36.4. The standard InChI is InChI=1S/C66H46N8/c67-58-34-35-60(68)59(42-58)54-30-12-26-50(38-54)46-22-10-23-47(36-46)52-28-14-32-56(40-52)65-72-63(45-20-8-3-9-21-45)73-66(74-65)57-33-15-29-53(41-57)49-25-11-24-48(37-49)51-27-13-31-55(39-51)64-70-61(43-16-4-1-5-17-43)69-62(71-64)44-18-6-2-7-19-44/h1-42H,67-68H2. The second kappa shape index (κ2) is 19.9. The highest BCUT2D eigenvalue weighted by atomic mass is 15.0. The fourth-order valence-electron chi connectivity index (χ4n) is 9.25. The summed E-state index contributed by atoms with van der Waals surface area (Å²) in [6, 6.07) is 86.5. The van der Waals surface area contributed by atoms with Gasteiger partial charge in [0.2, 0.25) is 0 Å². The van der Waals surface area contributed by atoms with Crippen LogP contribution in [0.5, 0.6) is 0 Å². The molecule has 0 aliphatic carbocycles. The molecule has 0 amide bonds. The van der Waals surface area contributed by atoms with Crippen molar-refractivity contribution in [3.8, 4) is 124 Å². The van der Waals surface area contributed by atoms with Crippen LogP contribution in [0, 0.1) is 0 Å². The van der Waals surface area contributed by atoms with Crippen molar-refractivity contribution in [1.82, 2.24) is 29.9 Å². The third kappa shape index (κ3) is 9.54. The monoisotopic (exact) mass is 950 g/mol. The van der Waals surface area contributed by atoms with Crippen LogP contribution >= 0.6 is 0 Å². The van der Waals surface area contributed by atoms with Gasteiger partial charge in [-0.25, -0.2) is 29.9 Å². The van der Waals surface area contributed by atoms with Gasteiger partial charge < -0.3 is 11.5 Å². The lowest BCUT2D eigenvalue weighted by Gasteiger charge is -2.12. The molecule has 8 heteroatoms. The predicted octanol–water partition coefficient (Wildman–Crippen LogP) is 15.6. The number of benzene rings is 10. The summed E-state index contributed by atoms with van der Waals surface area (Å²) in [4.78, 5) is 30.2. The molecule has 0 aliphatic rings. The van der Waals surface area contributed by atoms with E-state index < -0.39 is 0 Å². The van der Waals surface area contributed by atoms with Crippen LogP contribution in [0.1, 0.15) is 0 Å². The van der Waals surface area contributed by atoms with E-state index in [1.165, 1.54) is 0 Å². The Balaban J connectivity index is 0.869. The maximum absolute atomic E-state index is 6.38. The van der Waals surface area contributed by atoms with Crippen molar-refractivity contribution in [2.75, 3.05) is 11.5 Å². The van der Waals surface area contributed by atoms with E-state index in [0.717, 1.165) is 89.0 Å². The summed E-state index contributed by atoms with van der Waals surface area (Å²) < 4.78 is 0. The summed E-state index contributed by atoms with van der Waals surface area (Å²) in [6.07, 6.45) is 0. The van der Waals surface area contributed by atoms with Crippen LogP contribution in [0.4, 0.5) is 11.4 Å². The Morgan fingerprint density at radius 2 is 0.419 bits per heavy atom. The molecule has 0 atom stereocenters. The van der Waals surface area contributed by atoms with Gasteiger partial charge in [-0.05, 0) is 105 Å². The van der Waals surface area contributed by atoms with Crippen LogP contribution in [-0.4, -0.2) is 29.9 Å². The zero-order valence-electron chi connectivity index (χ0n) is 40.1. The molecule has 0 aliphatic heterocycles. The van der Waals surface area contributed by atoms with Gasteiger partial charge in [0.15, 0.2) is 34.9 Å². The molecular formula is C66H46N8. The topological polar surface area (TPSA) is 129 Å². The molecule has 0 spiro atoms. The lowest BCUT2D eigenvalue weighted by atomic mass is 9.95. The Hall–Kier alpha value is -10.2. The first kappa shape index (κ1) is 45.0. The molecule has 12 aromatic rings. The Labute approximate surface area is 429 Å². The number of nitrogen functional groups attached to an aromatic ring is 2. The Morgan fingerprint density at radius 1 is 0.189 bits per heavy atom. The maximum Gasteiger partial charge on any atom is 0.164 e. The smallest absolute Gasteiger partial charge is 0.164 e. The molecular weight excluding hydrogens is 905 g/mol. The van der Waals surface area contributed by atoms with Crippen molar-refractivity contribution < 1.29 is 0 Å². The number of hydrogen-bond donors (Lipinski definition) is 2. The van der Waals surface area contributed by atoms with Crippen molar-refractivity contribution in [1.29, 1.82) is 0 Å². The summed E-state index contributed by atoms with van der Waals surface area (Å²) in [7, 11) is 0. The molecule has 10 aromatic carbocycles. The second-order valence-electron chi connectivity index (χ2n) is 18.0. The number of anilines is 2. The minimum absolute atomic E-state index is 0.578. The van der Waals surface area contributed by atoms with E-state index in [0.29, 0.717) is 46.3 Å². The molecule has 350 valence electrons. The maximum atomic E-state index is 6.38. The minimum atomic E-state index is 0.578. The largest absolute Gasteiger partial charge is 0.399 e. The van der Waals surface area contributed by atoms with E-state index in [2.05, 4.69) is 146 Å². The summed E-state index contributed by atoms with van der Waals surface area (Å²) in [5, 5.41) is 0. The first-order valence-electron chi connectivity index (χ1n) is 24.4. The number of aromatic nitrogens is 6. The van der Waals surface area contributed by atoms with Crippen molar-refractivity contribution in [3.05, 3.63) is 255 Å². The zero-order chi connectivity index (χ0) is 49.8. The van der Waals surface area contributed by atoms with Gasteiger partial charge in [-0.3, -0.25) is 0 Å². The zero-order valence-corrected chi connectivity index (χ0v) is 40.1. The first-order valence-corrected chi connectivity index (χ1v) is 24.4. The van der Waals surface area contributed by atoms with E-state index in [-0.39, 0.29) is 0 Å². The van der Waals surface area contributed by atoms with E-state index in [9.17, 15) is 0 Å². The average molecular weight is 951 g/mol. The van der Waals surface area contributed by atoms with E-state index in [1.54, 1.807) is 0 Å². The number of hydrogen-bond acceptors (Lipinski definition) is 8. The van der Waals surface area contributed by atoms with E-state index >= 15 is 0 Å². The molecule has 12 rings (SSSR count). The van der Waals surface area contributed by atoms with Gasteiger partial charge in [0.05, 0.1) is 0 Å². The Morgan fingerprint density at radius 3 is 0.730 bits per heavy atom. The van der Waals surface area contributed by atoms with Gasteiger partial charge in [0.1, 0.15) is 0 Å². The molecule has 74 heavy (non-hydrogen) atoms. The molecule has 0 saturated heterocycles.